The highest BCUT2D eigenvalue weighted by atomic mass is 32.1. The third-order valence-corrected chi connectivity index (χ3v) is 7.08. The van der Waals surface area contributed by atoms with Gasteiger partial charge in [0.1, 0.15) is 5.82 Å². The summed E-state index contributed by atoms with van der Waals surface area (Å²) in [6.07, 6.45) is 1.72. The van der Waals surface area contributed by atoms with E-state index in [0.717, 1.165) is 34.8 Å². The van der Waals surface area contributed by atoms with Crippen LogP contribution in [0.25, 0.3) is 22.2 Å². The van der Waals surface area contributed by atoms with Crippen LogP contribution in [-0.2, 0) is 13.0 Å². The highest BCUT2D eigenvalue weighted by molar-refractivity contribution is 7.16. The number of fused-ring (bicyclic) bond motifs is 2. The fourth-order valence-electron chi connectivity index (χ4n) is 4.31. The maximum absolute atomic E-state index is 12.9. The second-order valence-electron chi connectivity index (χ2n) is 8.45. The lowest BCUT2D eigenvalue weighted by Gasteiger charge is -2.08. The molecule has 1 aliphatic rings. The van der Waals surface area contributed by atoms with Gasteiger partial charge in [-0.05, 0) is 75.1 Å². The molecule has 0 fully saturated rings. The van der Waals surface area contributed by atoms with Gasteiger partial charge in [0.25, 0.3) is 11.5 Å². The highest BCUT2D eigenvalue weighted by Crippen LogP contribution is 2.33. The fraction of sp³-hybridized carbons (Fsp3) is 0.280. The summed E-state index contributed by atoms with van der Waals surface area (Å²) in [6, 6.07) is 9.40. The Labute approximate surface area is 190 Å². The van der Waals surface area contributed by atoms with Gasteiger partial charge in [-0.2, -0.15) is 0 Å². The molecule has 0 bridgehead atoms. The minimum Gasteiger partial charge on any atom is -0.298 e. The van der Waals surface area contributed by atoms with Crippen LogP contribution in [0.4, 0.5) is 5.13 Å². The van der Waals surface area contributed by atoms with E-state index in [0.29, 0.717) is 28.1 Å². The van der Waals surface area contributed by atoms with E-state index in [4.69, 9.17) is 4.98 Å². The molecule has 0 unspecified atom stereocenters. The third kappa shape index (κ3) is 3.42. The topological polar surface area (TPSA) is 76.9 Å². The van der Waals surface area contributed by atoms with Crippen LogP contribution in [0.15, 0.2) is 35.1 Å². The maximum atomic E-state index is 12.9. The Morgan fingerprint density at radius 1 is 1.03 bits per heavy atom. The molecule has 0 aliphatic carbocycles. The molecule has 2 aromatic heterocycles. The van der Waals surface area contributed by atoms with E-state index < -0.39 is 0 Å². The van der Waals surface area contributed by atoms with Gasteiger partial charge < -0.3 is 0 Å². The van der Waals surface area contributed by atoms with Crippen molar-refractivity contribution in [2.45, 2.75) is 47.1 Å². The summed E-state index contributed by atoms with van der Waals surface area (Å²) in [5, 5.41) is 4.03. The van der Waals surface area contributed by atoms with Crippen molar-refractivity contribution in [3.05, 3.63) is 73.6 Å². The van der Waals surface area contributed by atoms with Gasteiger partial charge in [0.05, 0.1) is 16.6 Å². The number of benzene rings is 2. The normalized spacial score (nSPS) is 12.9. The van der Waals surface area contributed by atoms with Crippen molar-refractivity contribution in [3.8, 4) is 11.3 Å². The van der Waals surface area contributed by atoms with Gasteiger partial charge in [-0.3, -0.25) is 19.5 Å². The lowest BCUT2D eigenvalue weighted by Crippen LogP contribution is -2.21. The number of nitrogens with zero attached hydrogens (tertiary/aromatic N) is 3. The molecular formula is C25H24N4O2S. The molecule has 2 aromatic carbocycles. The first-order valence-electron chi connectivity index (χ1n) is 10.7. The van der Waals surface area contributed by atoms with Crippen molar-refractivity contribution in [1.82, 2.24) is 14.5 Å². The van der Waals surface area contributed by atoms with Crippen molar-refractivity contribution >= 4 is 33.3 Å². The summed E-state index contributed by atoms with van der Waals surface area (Å²) in [4.78, 5) is 36.0. The number of carbonyl (C=O) groups excluding carboxylic acids is 1. The van der Waals surface area contributed by atoms with E-state index in [-0.39, 0.29) is 11.5 Å². The van der Waals surface area contributed by atoms with E-state index in [2.05, 4.69) is 43.2 Å². The molecule has 0 spiro atoms. The first-order valence-corrected chi connectivity index (χ1v) is 11.5. The zero-order chi connectivity index (χ0) is 22.6. The van der Waals surface area contributed by atoms with Gasteiger partial charge in [0, 0.05) is 29.0 Å². The summed E-state index contributed by atoms with van der Waals surface area (Å²) < 4.78 is 1.73. The number of amides is 1. The quantitative estimate of drug-likeness (QED) is 0.485. The summed E-state index contributed by atoms with van der Waals surface area (Å²) in [5.41, 5.74) is 6.62. The van der Waals surface area contributed by atoms with Crippen LogP contribution in [0.5, 0.6) is 0 Å². The van der Waals surface area contributed by atoms with Crippen LogP contribution in [0.3, 0.4) is 0 Å². The Hall–Kier alpha value is -3.32. The number of anilines is 1. The standard InChI is InChI=1S/C25H24N4O2S/c1-13-10-15(3)19(11-14(13)2)22-16(4)32-25(27-22)28-23(30)17-7-8-18-20(12-17)26-21-6-5-9-29(21)24(18)31/h7-8,10-12H,5-6,9H2,1-4H3,(H,27,28,30). The zero-order valence-corrected chi connectivity index (χ0v) is 19.4. The van der Waals surface area contributed by atoms with E-state index >= 15 is 0 Å². The maximum Gasteiger partial charge on any atom is 0.261 e. The molecular weight excluding hydrogens is 420 g/mol. The Morgan fingerprint density at radius 2 is 1.81 bits per heavy atom. The molecule has 0 saturated heterocycles. The molecule has 0 atom stereocenters. The molecule has 32 heavy (non-hydrogen) atoms. The summed E-state index contributed by atoms with van der Waals surface area (Å²) in [5.74, 6) is 0.537. The number of aryl methyl sites for hydroxylation is 5. The van der Waals surface area contributed by atoms with Gasteiger partial charge in [-0.1, -0.05) is 6.07 Å². The van der Waals surface area contributed by atoms with Crippen molar-refractivity contribution in [2.24, 2.45) is 0 Å². The Morgan fingerprint density at radius 3 is 2.62 bits per heavy atom. The number of thiazole rings is 1. The minimum absolute atomic E-state index is 0.0293. The number of rotatable bonds is 3. The first-order chi connectivity index (χ1) is 15.3. The lowest BCUT2D eigenvalue weighted by atomic mass is 9.98. The lowest BCUT2D eigenvalue weighted by molar-refractivity contribution is 0.102. The largest absolute Gasteiger partial charge is 0.298 e. The Balaban J connectivity index is 1.45. The van der Waals surface area contributed by atoms with Crippen molar-refractivity contribution in [2.75, 3.05) is 5.32 Å². The smallest absolute Gasteiger partial charge is 0.261 e. The number of aromatic nitrogens is 3. The summed E-state index contributed by atoms with van der Waals surface area (Å²) >= 11 is 1.46. The molecule has 1 amide bonds. The Bertz CT molecular complexity index is 1470. The minimum atomic E-state index is -0.258. The predicted molar refractivity (Wildman–Crippen MR) is 129 cm³/mol. The van der Waals surface area contributed by atoms with Crippen LogP contribution in [-0.4, -0.2) is 20.4 Å². The van der Waals surface area contributed by atoms with Crippen LogP contribution in [0.1, 0.15) is 44.2 Å². The molecule has 1 N–H and O–H groups in total. The molecule has 0 saturated carbocycles. The van der Waals surface area contributed by atoms with Crippen molar-refractivity contribution in [1.29, 1.82) is 0 Å². The van der Waals surface area contributed by atoms with Crippen LogP contribution in [0, 0.1) is 27.7 Å². The van der Waals surface area contributed by atoms with Gasteiger partial charge in [0.2, 0.25) is 0 Å². The molecule has 6 nitrogen and oxygen atoms in total. The number of carbonyl (C=O) groups is 1. The van der Waals surface area contributed by atoms with Gasteiger partial charge in [-0.15, -0.1) is 11.3 Å². The second kappa shape index (κ2) is 7.67. The fourth-order valence-corrected chi connectivity index (χ4v) is 5.13. The molecule has 162 valence electrons. The SMILES string of the molecule is Cc1cc(C)c(-c2nc(NC(=O)c3ccc4c(=O)n5c(nc4c3)CCC5)sc2C)cc1C. The Kier molecular flexibility index (Phi) is 4.93. The molecule has 7 heteroatoms. The summed E-state index contributed by atoms with van der Waals surface area (Å²) in [6.45, 7) is 9.01. The number of hydrogen-bond donors (Lipinski definition) is 1. The first kappa shape index (κ1) is 20.6. The molecule has 0 radical (unpaired) electrons. The molecule has 3 heterocycles. The second-order valence-corrected chi connectivity index (χ2v) is 9.65. The van der Waals surface area contributed by atoms with E-state index in [9.17, 15) is 9.59 Å². The van der Waals surface area contributed by atoms with Gasteiger partial charge in [-0.25, -0.2) is 9.97 Å². The number of nitrogens with one attached hydrogen (secondary N) is 1. The molecule has 1 aliphatic heterocycles. The molecule has 4 aromatic rings. The van der Waals surface area contributed by atoms with Gasteiger partial charge in [0.15, 0.2) is 5.13 Å². The monoisotopic (exact) mass is 444 g/mol. The predicted octanol–water partition coefficient (Wildman–Crippen LogP) is 4.95. The zero-order valence-electron chi connectivity index (χ0n) is 18.6. The number of hydrogen-bond acceptors (Lipinski definition) is 5. The van der Waals surface area contributed by atoms with Crippen LogP contribution < -0.4 is 10.9 Å². The van der Waals surface area contributed by atoms with Crippen LogP contribution in [0.2, 0.25) is 0 Å². The van der Waals surface area contributed by atoms with E-state index in [1.165, 1.54) is 28.0 Å². The van der Waals surface area contributed by atoms with Gasteiger partial charge >= 0.3 is 0 Å². The van der Waals surface area contributed by atoms with Crippen molar-refractivity contribution < 1.29 is 4.79 Å². The van der Waals surface area contributed by atoms with E-state index in [1.54, 1.807) is 22.8 Å². The van der Waals surface area contributed by atoms with Crippen molar-refractivity contribution in [3.63, 3.8) is 0 Å². The summed E-state index contributed by atoms with van der Waals surface area (Å²) in [7, 11) is 0. The highest BCUT2D eigenvalue weighted by Gasteiger charge is 2.19. The molecule has 5 rings (SSSR count). The average molecular weight is 445 g/mol. The van der Waals surface area contributed by atoms with E-state index in [1.807, 2.05) is 6.92 Å². The third-order valence-electron chi connectivity index (χ3n) is 6.19. The van der Waals surface area contributed by atoms with Crippen LogP contribution >= 0.6 is 11.3 Å². The average Bonchev–Trinajstić information content (AvgIpc) is 3.37.